The summed E-state index contributed by atoms with van der Waals surface area (Å²) >= 11 is 0. The van der Waals surface area contributed by atoms with Gasteiger partial charge in [-0.2, -0.15) is 0 Å². The van der Waals surface area contributed by atoms with E-state index in [0.717, 1.165) is 0 Å². The van der Waals surface area contributed by atoms with Crippen LogP contribution >= 0.6 is 0 Å². The second-order valence-corrected chi connectivity index (χ2v) is 9.26. The molecule has 1 aromatic heterocycles. The van der Waals surface area contributed by atoms with Crippen LogP contribution in [-0.4, -0.2) is 41.4 Å². The van der Waals surface area contributed by atoms with Crippen molar-refractivity contribution in [2.24, 2.45) is 0 Å². The first-order valence-electron chi connectivity index (χ1n) is 10.4. The van der Waals surface area contributed by atoms with Crippen molar-refractivity contribution in [1.29, 1.82) is 0 Å². The Hall–Kier alpha value is -2.22. The minimum Gasteiger partial charge on any atom is -0.496 e. The molecule has 0 spiro atoms. The first kappa shape index (κ1) is 23.4. The molecule has 0 bridgehead atoms. The first-order valence-corrected chi connectivity index (χ1v) is 10.4. The number of aliphatic hydroxyl groups is 1. The predicted octanol–water partition coefficient (Wildman–Crippen LogP) is 3.27. The van der Waals surface area contributed by atoms with Crippen LogP contribution < -0.4 is 10.4 Å². The fraction of sp³-hybridized carbons (Fsp3) is 0.583. The molecule has 170 valence electrons. The van der Waals surface area contributed by atoms with Gasteiger partial charge in [0, 0.05) is 5.56 Å². The molecule has 5 atom stereocenters. The van der Waals surface area contributed by atoms with Gasteiger partial charge in [0.2, 0.25) is 0 Å². The Kier molecular flexibility index (Phi) is 5.62. The van der Waals surface area contributed by atoms with Gasteiger partial charge in [-0.3, -0.25) is 4.79 Å². The van der Waals surface area contributed by atoms with E-state index in [1.165, 1.54) is 20.1 Å². The molecular weight excluding hydrogens is 400 g/mol. The van der Waals surface area contributed by atoms with Crippen LogP contribution in [0.25, 0.3) is 0 Å². The molecule has 0 aliphatic carbocycles. The lowest BCUT2D eigenvalue weighted by molar-refractivity contribution is -0.112. The highest BCUT2D eigenvalue weighted by molar-refractivity contribution is 6.07. The third-order valence-corrected chi connectivity index (χ3v) is 6.50. The van der Waals surface area contributed by atoms with Gasteiger partial charge in [0.15, 0.2) is 5.78 Å². The Morgan fingerprint density at radius 1 is 1.16 bits per heavy atom. The standard InChI is InChI=1S/C24H32O7/c1-12(10-22(6,27)19-14(3)18(28-9)15(4)20(26)29-19)17(25)13(2)11-23(7)21-24(8,31-21)16(5)30-23/h10-11,16,21,27H,1-9H3/t16-,21+,22+,23+,24-/m1/s1. The predicted molar refractivity (Wildman–Crippen MR) is 115 cm³/mol. The van der Waals surface area contributed by atoms with E-state index in [-0.39, 0.29) is 29.4 Å². The van der Waals surface area contributed by atoms with E-state index < -0.39 is 16.8 Å². The zero-order valence-electron chi connectivity index (χ0n) is 19.7. The fourth-order valence-corrected chi connectivity index (χ4v) is 4.76. The number of rotatable bonds is 6. The molecule has 31 heavy (non-hydrogen) atoms. The second-order valence-electron chi connectivity index (χ2n) is 9.26. The number of carbonyl (C=O) groups excluding carboxylic acids is 1. The van der Waals surface area contributed by atoms with E-state index in [0.29, 0.717) is 28.0 Å². The molecule has 2 aliphatic rings. The summed E-state index contributed by atoms with van der Waals surface area (Å²) in [7, 11) is 1.45. The molecule has 0 aromatic carbocycles. The van der Waals surface area contributed by atoms with E-state index in [1.807, 2.05) is 20.8 Å². The number of hydrogen-bond acceptors (Lipinski definition) is 7. The van der Waals surface area contributed by atoms with Crippen molar-refractivity contribution in [1.82, 2.24) is 0 Å². The monoisotopic (exact) mass is 432 g/mol. The van der Waals surface area contributed by atoms with Crippen molar-refractivity contribution in [2.75, 3.05) is 7.11 Å². The van der Waals surface area contributed by atoms with Gasteiger partial charge in [0.25, 0.3) is 0 Å². The normalized spacial score (nSPS) is 32.5. The third-order valence-electron chi connectivity index (χ3n) is 6.50. The van der Waals surface area contributed by atoms with Crippen LogP contribution in [0.2, 0.25) is 0 Å². The SMILES string of the molecule is COc1c(C)c([C@@](C)(O)C=C(C)C(=O)C(C)=C[C@]2(C)O[C@H](C)[C@@]3(C)O[C@H]32)oc(=O)c1C. The Balaban J connectivity index is 1.91. The van der Waals surface area contributed by atoms with Gasteiger partial charge in [0.05, 0.1) is 18.8 Å². The molecule has 3 heterocycles. The maximum absolute atomic E-state index is 13.0. The molecule has 7 heteroatoms. The summed E-state index contributed by atoms with van der Waals surface area (Å²) in [6.45, 7) is 14.0. The fourth-order valence-electron chi connectivity index (χ4n) is 4.76. The van der Waals surface area contributed by atoms with Gasteiger partial charge >= 0.3 is 5.63 Å². The van der Waals surface area contributed by atoms with Gasteiger partial charge in [-0.1, -0.05) is 0 Å². The number of hydrogen-bond donors (Lipinski definition) is 1. The topological polar surface area (TPSA) is 98.5 Å². The minimum atomic E-state index is -1.69. The number of ether oxygens (including phenoxy) is 3. The van der Waals surface area contributed by atoms with Gasteiger partial charge < -0.3 is 23.7 Å². The highest BCUT2D eigenvalue weighted by atomic mass is 16.7. The summed E-state index contributed by atoms with van der Waals surface area (Å²) in [5, 5.41) is 11.1. The average molecular weight is 433 g/mol. The summed E-state index contributed by atoms with van der Waals surface area (Å²) in [4.78, 5) is 25.2. The number of Topliss-reactive ketones (excluding diaryl/α,β-unsaturated/α-hetero) is 1. The number of epoxide rings is 1. The van der Waals surface area contributed by atoms with Crippen molar-refractivity contribution < 1.29 is 28.5 Å². The van der Waals surface area contributed by atoms with Crippen LogP contribution in [0.1, 0.15) is 58.4 Å². The minimum absolute atomic E-state index is 0.0378. The van der Waals surface area contributed by atoms with E-state index in [2.05, 4.69) is 0 Å². The molecule has 1 N–H and O–H groups in total. The van der Waals surface area contributed by atoms with Crippen LogP contribution in [0.15, 0.2) is 32.5 Å². The quantitative estimate of drug-likeness (QED) is 0.544. The molecule has 7 nitrogen and oxygen atoms in total. The van der Waals surface area contributed by atoms with Gasteiger partial charge in [-0.15, -0.1) is 0 Å². The lowest BCUT2D eigenvalue weighted by Crippen LogP contribution is -2.31. The van der Waals surface area contributed by atoms with Gasteiger partial charge in [-0.05, 0) is 78.7 Å². The largest absolute Gasteiger partial charge is 0.496 e. The second kappa shape index (κ2) is 7.43. The maximum atomic E-state index is 13.0. The number of ketones is 1. The average Bonchev–Trinajstić information content (AvgIpc) is 3.33. The van der Waals surface area contributed by atoms with Crippen LogP contribution in [0.4, 0.5) is 0 Å². The van der Waals surface area contributed by atoms with Crippen LogP contribution in [0.3, 0.4) is 0 Å². The molecule has 0 amide bonds. The van der Waals surface area contributed by atoms with E-state index in [4.69, 9.17) is 18.6 Å². The van der Waals surface area contributed by atoms with Gasteiger partial charge in [-0.25, -0.2) is 4.79 Å². The van der Waals surface area contributed by atoms with Crippen LogP contribution in [0, 0.1) is 13.8 Å². The Morgan fingerprint density at radius 3 is 2.26 bits per heavy atom. The van der Waals surface area contributed by atoms with Crippen LogP contribution in [0.5, 0.6) is 5.75 Å². The summed E-state index contributed by atoms with van der Waals surface area (Å²) in [5.74, 6) is 0.148. The van der Waals surface area contributed by atoms with E-state index >= 15 is 0 Å². The van der Waals surface area contributed by atoms with E-state index in [1.54, 1.807) is 33.8 Å². The maximum Gasteiger partial charge on any atom is 0.342 e. The van der Waals surface area contributed by atoms with Crippen LogP contribution in [-0.2, 0) is 19.9 Å². The molecule has 2 aliphatic heterocycles. The number of carbonyl (C=O) groups is 1. The molecule has 2 saturated heterocycles. The zero-order chi connectivity index (χ0) is 23.5. The first-order chi connectivity index (χ1) is 14.2. The summed E-state index contributed by atoms with van der Waals surface area (Å²) in [6, 6.07) is 0. The summed E-state index contributed by atoms with van der Waals surface area (Å²) in [6.07, 6.45) is 3.02. The van der Waals surface area contributed by atoms with Crippen molar-refractivity contribution in [3.05, 3.63) is 50.6 Å². The van der Waals surface area contributed by atoms with Gasteiger partial charge in [0.1, 0.15) is 34.4 Å². The number of fused-ring (bicyclic) bond motifs is 1. The van der Waals surface area contributed by atoms with Crippen molar-refractivity contribution in [2.45, 2.75) is 84.4 Å². The van der Waals surface area contributed by atoms with Crippen molar-refractivity contribution in [3.63, 3.8) is 0 Å². The molecule has 0 unspecified atom stereocenters. The Labute approximate surface area is 182 Å². The van der Waals surface area contributed by atoms with Crippen molar-refractivity contribution >= 4 is 5.78 Å². The molecule has 2 fully saturated rings. The summed E-state index contributed by atoms with van der Waals surface area (Å²) < 4.78 is 22.5. The molecule has 0 saturated carbocycles. The highest BCUT2D eigenvalue weighted by Crippen LogP contribution is 2.55. The molecule has 3 rings (SSSR count). The molecular formula is C24H32O7. The smallest absolute Gasteiger partial charge is 0.342 e. The molecule has 0 radical (unpaired) electrons. The highest BCUT2D eigenvalue weighted by Gasteiger charge is 2.71. The number of allylic oxidation sites excluding steroid dienone is 2. The third kappa shape index (κ3) is 3.79. The Morgan fingerprint density at radius 2 is 1.77 bits per heavy atom. The zero-order valence-corrected chi connectivity index (χ0v) is 19.7. The lowest BCUT2D eigenvalue weighted by atomic mass is 9.90. The van der Waals surface area contributed by atoms with Crippen molar-refractivity contribution in [3.8, 4) is 5.75 Å². The lowest BCUT2D eigenvalue weighted by Gasteiger charge is -2.25. The number of methoxy groups -OCH3 is 1. The van der Waals surface area contributed by atoms with E-state index in [9.17, 15) is 14.7 Å². The summed E-state index contributed by atoms with van der Waals surface area (Å²) in [5.41, 5.74) is -1.67. The molecule has 1 aromatic rings. The Bertz CT molecular complexity index is 1040.